The summed E-state index contributed by atoms with van der Waals surface area (Å²) in [6.07, 6.45) is 1.80. The Morgan fingerprint density at radius 2 is 2.00 bits per heavy atom. The minimum absolute atomic E-state index is 0.730. The molecule has 92 valence electrons. The number of fused-ring (bicyclic) bond motifs is 2. The Kier molecular flexibility index (Phi) is 2.10. The second-order valence-electron chi connectivity index (χ2n) is 4.33. The molecule has 0 unspecified atom stereocenters. The summed E-state index contributed by atoms with van der Waals surface area (Å²) >= 11 is 1.64. The van der Waals surface area contributed by atoms with Crippen LogP contribution < -0.4 is 5.73 Å². The third-order valence-corrected chi connectivity index (χ3v) is 4.00. The van der Waals surface area contributed by atoms with Crippen molar-refractivity contribution in [3.05, 3.63) is 48.2 Å². The van der Waals surface area contributed by atoms with Crippen LogP contribution in [0.5, 0.6) is 0 Å². The van der Waals surface area contributed by atoms with Crippen molar-refractivity contribution in [2.75, 3.05) is 5.73 Å². The number of para-hydroxylation sites is 1. The van der Waals surface area contributed by atoms with Gasteiger partial charge in [0.15, 0.2) is 0 Å². The van der Waals surface area contributed by atoms with E-state index in [1.165, 1.54) is 4.70 Å². The van der Waals surface area contributed by atoms with E-state index in [1.807, 2.05) is 28.3 Å². The van der Waals surface area contributed by atoms with Gasteiger partial charge in [-0.3, -0.25) is 4.57 Å². The lowest BCUT2D eigenvalue weighted by Gasteiger charge is -2.06. The zero-order chi connectivity index (χ0) is 12.8. The lowest BCUT2D eigenvalue weighted by Crippen LogP contribution is -1.95. The third kappa shape index (κ3) is 1.52. The first-order valence-corrected chi connectivity index (χ1v) is 6.76. The van der Waals surface area contributed by atoms with Crippen LogP contribution in [0.25, 0.3) is 26.9 Å². The quantitative estimate of drug-likeness (QED) is 0.538. The molecular weight excluding hydrogens is 256 g/mol. The fraction of sp³-hybridized carbons (Fsp3) is 0. The van der Waals surface area contributed by atoms with E-state index in [0.717, 1.165) is 27.9 Å². The molecule has 0 saturated carbocycles. The van der Waals surface area contributed by atoms with Crippen LogP contribution in [-0.4, -0.2) is 14.5 Å². The Morgan fingerprint density at radius 3 is 2.95 bits per heavy atom. The highest BCUT2D eigenvalue weighted by Crippen LogP contribution is 2.26. The van der Waals surface area contributed by atoms with Crippen LogP contribution in [0, 0.1) is 0 Å². The lowest BCUT2D eigenvalue weighted by atomic mass is 10.2. The highest BCUT2D eigenvalue weighted by Gasteiger charge is 2.08. The van der Waals surface area contributed by atoms with Crippen molar-refractivity contribution >= 4 is 38.3 Å². The summed E-state index contributed by atoms with van der Waals surface area (Å²) in [5.74, 6) is 0. The zero-order valence-corrected chi connectivity index (χ0v) is 10.8. The molecule has 0 radical (unpaired) electrons. The average Bonchev–Trinajstić information content (AvgIpc) is 3.04. The predicted octanol–water partition coefficient (Wildman–Crippen LogP) is 3.22. The summed E-state index contributed by atoms with van der Waals surface area (Å²) in [7, 11) is 0. The number of nitrogen functional groups attached to an aromatic ring is 1. The van der Waals surface area contributed by atoms with Crippen molar-refractivity contribution in [1.82, 2.24) is 14.5 Å². The van der Waals surface area contributed by atoms with Crippen molar-refractivity contribution in [2.24, 2.45) is 0 Å². The molecule has 2 N–H and O–H groups in total. The van der Waals surface area contributed by atoms with E-state index in [-0.39, 0.29) is 0 Å². The number of thiazole rings is 1. The number of aromatic nitrogens is 3. The minimum atomic E-state index is 0.730. The minimum Gasteiger partial charge on any atom is -0.397 e. The molecule has 0 aliphatic heterocycles. The van der Waals surface area contributed by atoms with Gasteiger partial charge in [0.25, 0.3) is 0 Å². The van der Waals surface area contributed by atoms with Gasteiger partial charge in [0.05, 0.1) is 32.4 Å². The number of anilines is 1. The molecule has 0 aliphatic rings. The molecule has 0 amide bonds. The number of nitrogens with zero attached hydrogens (tertiary/aromatic N) is 3. The maximum absolute atomic E-state index is 6.06. The van der Waals surface area contributed by atoms with Gasteiger partial charge in [-0.05, 0) is 30.3 Å². The first-order chi connectivity index (χ1) is 9.33. The van der Waals surface area contributed by atoms with Crippen LogP contribution in [0.4, 0.5) is 5.69 Å². The summed E-state index contributed by atoms with van der Waals surface area (Å²) in [6.45, 7) is 0. The molecule has 4 rings (SSSR count). The Hall–Kier alpha value is -2.40. The van der Waals surface area contributed by atoms with E-state index < -0.39 is 0 Å². The molecule has 2 aromatic heterocycles. The lowest BCUT2D eigenvalue weighted by molar-refractivity contribution is 1.10. The van der Waals surface area contributed by atoms with Crippen molar-refractivity contribution in [3.8, 4) is 5.69 Å². The molecule has 0 atom stereocenters. The number of imidazole rings is 1. The summed E-state index contributed by atoms with van der Waals surface area (Å²) in [4.78, 5) is 8.73. The summed E-state index contributed by atoms with van der Waals surface area (Å²) in [6, 6.07) is 12.0. The first kappa shape index (κ1) is 10.5. The molecule has 0 aliphatic carbocycles. The van der Waals surface area contributed by atoms with Crippen LogP contribution in [0.15, 0.2) is 48.2 Å². The summed E-state index contributed by atoms with van der Waals surface area (Å²) in [5, 5.41) is 0. The summed E-state index contributed by atoms with van der Waals surface area (Å²) in [5.41, 5.74) is 12.5. The standard InChI is InChI=1S/C14H10N4S/c15-10-2-1-3-11-14(10)18(7-16-11)9-4-5-13-12(6-9)17-8-19-13/h1-8H,15H2. The molecule has 0 spiro atoms. The molecule has 4 aromatic rings. The molecule has 0 saturated heterocycles. The molecule has 0 bridgehead atoms. The second kappa shape index (κ2) is 3.80. The van der Waals surface area contributed by atoms with E-state index in [9.17, 15) is 0 Å². The SMILES string of the molecule is Nc1cccc2ncn(-c3ccc4scnc4c3)c12. The largest absolute Gasteiger partial charge is 0.397 e. The van der Waals surface area contributed by atoms with Gasteiger partial charge < -0.3 is 5.73 Å². The zero-order valence-electron chi connectivity index (χ0n) is 9.95. The van der Waals surface area contributed by atoms with E-state index in [1.54, 1.807) is 17.7 Å². The van der Waals surface area contributed by atoms with Crippen molar-refractivity contribution < 1.29 is 0 Å². The van der Waals surface area contributed by atoms with Gasteiger partial charge in [-0.1, -0.05) is 6.07 Å². The van der Waals surface area contributed by atoms with Crippen molar-refractivity contribution in [3.63, 3.8) is 0 Å². The highest BCUT2D eigenvalue weighted by molar-refractivity contribution is 7.16. The normalized spacial score (nSPS) is 11.4. The molecule has 5 heteroatoms. The monoisotopic (exact) mass is 266 g/mol. The molecule has 4 nitrogen and oxygen atoms in total. The number of benzene rings is 2. The van der Waals surface area contributed by atoms with E-state index in [4.69, 9.17) is 5.73 Å². The second-order valence-corrected chi connectivity index (χ2v) is 5.22. The van der Waals surface area contributed by atoms with Gasteiger partial charge in [0.2, 0.25) is 0 Å². The molecular formula is C14H10N4S. The molecule has 0 fully saturated rings. The number of rotatable bonds is 1. The van der Waals surface area contributed by atoms with Crippen LogP contribution >= 0.6 is 11.3 Å². The smallest absolute Gasteiger partial charge is 0.100 e. The van der Waals surface area contributed by atoms with Crippen LogP contribution in [0.3, 0.4) is 0 Å². The Bertz CT molecular complexity index is 891. The summed E-state index contributed by atoms with van der Waals surface area (Å²) < 4.78 is 3.19. The van der Waals surface area contributed by atoms with Crippen molar-refractivity contribution in [2.45, 2.75) is 0 Å². The van der Waals surface area contributed by atoms with Gasteiger partial charge in [0.1, 0.15) is 6.33 Å². The maximum Gasteiger partial charge on any atom is 0.100 e. The Morgan fingerprint density at radius 1 is 1.05 bits per heavy atom. The number of nitrogens with two attached hydrogens (primary N) is 1. The Balaban J connectivity index is 2.03. The number of hydrogen-bond donors (Lipinski definition) is 1. The van der Waals surface area contributed by atoms with Crippen molar-refractivity contribution in [1.29, 1.82) is 0 Å². The van der Waals surface area contributed by atoms with Crippen LogP contribution in [-0.2, 0) is 0 Å². The third-order valence-electron chi connectivity index (χ3n) is 3.19. The first-order valence-electron chi connectivity index (χ1n) is 5.88. The van der Waals surface area contributed by atoms with Gasteiger partial charge >= 0.3 is 0 Å². The molecule has 2 heterocycles. The van der Waals surface area contributed by atoms with Crippen LogP contribution in [0.2, 0.25) is 0 Å². The predicted molar refractivity (Wildman–Crippen MR) is 78.7 cm³/mol. The topological polar surface area (TPSA) is 56.7 Å². The molecule has 19 heavy (non-hydrogen) atoms. The maximum atomic E-state index is 6.06. The fourth-order valence-electron chi connectivity index (χ4n) is 2.28. The molecule has 2 aromatic carbocycles. The van der Waals surface area contributed by atoms with Gasteiger partial charge in [-0.25, -0.2) is 9.97 Å². The number of hydrogen-bond acceptors (Lipinski definition) is 4. The Labute approximate surface area is 113 Å². The van der Waals surface area contributed by atoms with Gasteiger partial charge in [-0.15, -0.1) is 11.3 Å². The fourth-order valence-corrected chi connectivity index (χ4v) is 2.94. The van der Waals surface area contributed by atoms with Gasteiger partial charge in [0, 0.05) is 5.69 Å². The van der Waals surface area contributed by atoms with E-state index in [0.29, 0.717) is 0 Å². The van der Waals surface area contributed by atoms with Gasteiger partial charge in [-0.2, -0.15) is 0 Å². The van der Waals surface area contributed by atoms with Crippen LogP contribution in [0.1, 0.15) is 0 Å². The highest BCUT2D eigenvalue weighted by atomic mass is 32.1. The van der Waals surface area contributed by atoms with E-state index in [2.05, 4.69) is 28.2 Å². The van der Waals surface area contributed by atoms with E-state index >= 15 is 0 Å². The average molecular weight is 266 g/mol.